The summed E-state index contributed by atoms with van der Waals surface area (Å²) in [6.07, 6.45) is 3.11. The van der Waals surface area contributed by atoms with Gasteiger partial charge in [0.1, 0.15) is 6.07 Å². The highest BCUT2D eigenvalue weighted by molar-refractivity contribution is 6.13. The van der Waals surface area contributed by atoms with Crippen LogP contribution in [-0.2, 0) is 6.54 Å². The number of para-hydroxylation sites is 1. The van der Waals surface area contributed by atoms with Crippen molar-refractivity contribution in [3.8, 4) is 23.4 Å². The van der Waals surface area contributed by atoms with Crippen molar-refractivity contribution in [1.29, 1.82) is 10.5 Å². The Balaban J connectivity index is 1.49. The number of hydrogen-bond acceptors (Lipinski definition) is 6. The standard InChI is InChI=1S/C29H21N7O/c1-18-28(19(2)36(35-18)17-21-9-7-20(13-30)8-10-21)34-29(37)25-12-27(23-11-22(14-31)15-32-16-23)33-26-6-4-3-5-24(25)26/h3-12,15-16H,17H2,1-2H3,(H,34,37). The fourth-order valence-electron chi connectivity index (χ4n) is 4.22. The molecule has 0 aliphatic carbocycles. The predicted octanol–water partition coefficient (Wildman–Crippen LogP) is 5.15. The number of nitrogens with one attached hydrogen (secondary N) is 1. The monoisotopic (exact) mass is 483 g/mol. The van der Waals surface area contributed by atoms with Gasteiger partial charge in [0.2, 0.25) is 0 Å². The fourth-order valence-corrected chi connectivity index (χ4v) is 4.22. The number of hydrogen-bond donors (Lipinski definition) is 1. The van der Waals surface area contributed by atoms with Crippen LogP contribution < -0.4 is 5.32 Å². The second-order valence-corrected chi connectivity index (χ2v) is 8.61. The number of nitriles is 2. The van der Waals surface area contributed by atoms with Crippen molar-refractivity contribution in [3.63, 3.8) is 0 Å². The summed E-state index contributed by atoms with van der Waals surface area (Å²) in [7, 11) is 0. The summed E-state index contributed by atoms with van der Waals surface area (Å²) >= 11 is 0. The number of anilines is 1. The molecule has 0 atom stereocenters. The number of fused-ring (bicyclic) bond motifs is 1. The average Bonchev–Trinajstić information content (AvgIpc) is 3.19. The SMILES string of the molecule is Cc1nn(Cc2ccc(C#N)cc2)c(C)c1NC(=O)c1cc(-c2cncc(C#N)c2)nc2ccccc12. The van der Waals surface area contributed by atoms with Crippen molar-refractivity contribution in [2.45, 2.75) is 20.4 Å². The number of amides is 1. The van der Waals surface area contributed by atoms with Crippen LogP contribution >= 0.6 is 0 Å². The number of benzene rings is 2. The largest absolute Gasteiger partial charge is 0.319 e. The van der Waals surface area contributed by atoms with E-state index in [1.807, 2.05) is 54.9 Å². The first-order valence-electron chi connectivity index (χ1n) is 11.6. The van der Waals surface area contributed by atoms with Gasteiger partial charge in [-0.15, -0.1) is 0 Å². The van der Waals surface area contributed by atoms with Gasteiger partial charge in [-0.3, -0.25) is 14.5 Å². The lowest BCUT2D eigenvalue weighted by Gasteiger charge is -2.11. The normalized spacial score (nSPS) is 10.6. The Morgan fingerprint density at radius 2 is 1.73 bits per heavy atom. The minimum Gasteiger partial charge on any atom is -0.319 e. The number of pyridine rings is 2. The van der Waals surface area contributed by atoms with E-state index in [-0.39, 0.29) is 5.91 Å². The van der Waals surface area contributed by atoms with Crippen LogP contribution in [-0.4, -0.2) is 25.7 Å². The maximum atomic E-state index is 13.6. The minimum absolute atomic E-state index is 0.284. The second kappa shape index (κ2) is 9.73. The summed E-state index contributed by atoms with van der Waals surface area (Å²) in [5.41, 5.74) is 6.51. The average molecular weight is 484 g/mol. The maximum Gasteiger partial charge on any atom is 0.256 e. The Bertz CT molecular complexity index is 1740. The molecule has 3 heterocycles. The molecule has 0 bridgehead atoms. The minimum atomic E-state index is -0.284. The summed E-state index contributed by atoms with van der Waals surface area (Å²) in [6.45, 7) is 4.28. The summed E-state index contributed by atoms with van der Waals surface area (Å²) in [5, 5.41) is 26.7. The van der Waals surface area contributed by atoms with Gasteiger partial charge in [0, 0.05) is 23.3 Å². The van der Waals surface area contributed by atoms with Crippen LogP contribution in [0, 0.1) is 36.5 Å². The molecular formula is C29H21N7O. The van der Waals surface area contributed by atoms with E-state index < -0.39 is 0 Å². The molecule has 0 saturated carbocycles. The molecule has 5 rings (SSSR count). The molecule has 0 saturated heterocycles. The van der Waals surface area contributed by atoms with E-state index in [0.29, 0.717) is 56.8 Å². The topological polar surface area (TPSA) is 120 Å². The lowest BCUT2D eigenvalue weighted by Crippen LogP contribution is -2.14. The lowest BCUT2D eigenvalue weighted by atomic mass is 10.0. The van der Waals surface area contributed by atoms with Gasteiger partial charge in [0.15, 0.2) is 0 Å². The molecule has 0 spiro atoms. The van der Waals surface area contributed by atoms with E-state index >= 15 is 0 Å². The van der Waals surface area contributed by atoms with E-state index in [9.17, 15) is 10.1 Å². The molecule has 8 heteroatoms. The molecule has 2 aromatic carbocycles. The van der Waals surface area contributed by atoms with Gasteiger partial charge >= 0.3 is 0 Å². The van der Waals surface area contributed by atoms with E-state index in [0.717, 1.165) is 11.3 Å². The number of aryl methyl sites for hydroxylation is 1. The van der Waals surface area contributed by atoms with Crippen LogP contribution in [0.2, 0.25) is 0 Å². The van der Waals surface area contributed by atoms with Crippen molar-refractivity contribution in [1.82, 2.24) is 19.7 Å². The number of carbonyl (C=O) groups is 1. The van der Waals surface area contributed by atoms with Crippen molar-refractivity contribution in [3.05, 3.63) is 107 Å². The van der Waals surface area contributed by atoms with Crippen molar-refractivity contribution in [2.75, 3.05) is 5.32 Å². The molecule has 0 radical (unpaired) electrons. The molecule has 178 valence electrons. The zero-order chi connectivity index (χ0) is 25.9. The van der Waals surface area contributed by atoms with Crippen LogP contribution in [0.3, 0.4) is 0 Å². The highest BCUT2D eigenvalue weighted by Crippen LogP contribution is 2.27. The predicted molar refractivity (Wildman–Crippen MR) is 140 cm³/mol. The fraction of sp³-hybridized carbons (Fsp3) is 0.103. The molecule has 0 aliphatic rings. The van der Waals surface area contributed by atoms with E-state index in [1.54, 1.807) is 30.5 Å². The van der Waals surface area contributed by atoms with Crippen LogP contribution in [0.4, 0.5) is 5.69 Å². The molecule has 1 N–H and O–H groups in total. The summed E-state index contributed by atoms with van der Waals surface area (Å²) in [4.78, 5) is 22.4. The van der Waals surface area contributed by atoms with Crippen molar-refractivity contribution >= 4 is 22.5 Å². The molecule has 0 unspecified atom stereocenters. The van der Waals surface area contributed by atoms with Gasteiger partial charge < -0.3 is 5.32 Å². The molecule has 1 amide bonds. The molecular weight excluding hydrogens is 462 g/mol. The Kier molecular flexibility index (Phi) is 6.15. The van der Waals surface area contributed by atoms with Gasteiger partial charge in [-0.2, -0.15) is 15.6 Å². The molecule has 8 nitrogen and oxygen atoms in total. The molecule has 3 aromatic heterocycles. The number of nitrogens with zero attached hydrogens (tertiary/aromatic N) is 6. The Morgan fingerprint density at radius 1 is 0.973 bits per heavy atom. The molecule has 0 aliphatic heterocycles. The van der Waals surface area contributed by atoms with E-state index in [4.69, 9.17) is 10.2 Å². The number of aromatic nitrogens is 4. The Morgan fingerprint density at radius 3 is 2.49 bits per heavy atom. The summed E-state index contributed by atoms with van der Waals surface area (Å²) in [6, 6.07) is 22.4. The quantitative estimate of drug-likeness (QED) is 0.369. The molecule has 0 fully saturated rings. The van der Waals surface area contributed by atoms with Crippen LogP contribution in [0.15, 0.2) is 73.1 Å². The van der Waals surface area contributed by atoms with Gasteiger partial charge in [0.25, 0.3) is 5.91 Å². The zero-order valence-electron chi connectivity index (χ0n) is 20.2. The highest BCUT2D eigenvalue weighted by Gasteiger charge is 2.19. The zero-order valence-corrected chi connectivity index (χ0v) is 20.2. The summed E-state index contributed by atoms with van der Waals surface area (Å²) in [5.74, 6) is -0.284. The Hall–Kier alpha value is -5.34. The molecule has 37 heavy (non-hydrogen) atoms. The second-order valence-electron chi connectivity index (χ2n) is 8.61. The smallest absolute Gasteiger partial charge is 0.256 e. The number of rotatable bonds is 5. The van der Waals surface area contributed by atoms with Crippen LogP contribution in [0.25, 0.3) is 22.2 Å². The van der Waals surface area contributed by atoms with Crippen molar-refractivity contribution < 1.29 is 4.79 Å². The van der Waals surface area contributed by atoms with E-state index in [2.05, 4.69) is 27.5 Å². The third-order valence-electron chi connectivity index (χ3n) is 6.16. The third-order valence-corrected chi connectivity index (χ3v) is 6.16. The van der Waals surface area contributed by atoms with Crippen LogP contribution in [0.1, 0.15) is 38.4 Å². The van der Waals surface area contributed by atoms with Gasteiger partial charge in [-0.25, -0.2) is 4.98 Å². The van der Waals surface area contributed by atoms with Gasteiger partial charge in [0.05, 0.1) is 57.6 Å². The van der Waals surface area contributed by atoms with Gasteiger partial charge in [-0.05, 0) is 49.7 Å². The number of carbonyl (C=O) groups excluding carboxylic acids is 1. The van der Waals surface area contributed by atoms with Crippen LogP contribution in [0.5, 0.6) is 0 Å². The lowest BCUT2D eigenvalue weighted by molar-refractivity contribution is 0.102. The van der Waals surface area contributed by atoms with E-state index in [1.165, 1.54) is 6.20 Å². The highest BCUT2D eigenvalue weighted by atomic mass is 16.1. The first-order valence-corrected chi connectivity index (χ1v) is 11.6. The summed E-state index contributed by atoms with van der Waals surface area (Å²) < 4.78 is 1.83. The first kappa shape index (κ1) is 23.4. The first-order chi connectivity index (χ1) is 18.0. The Labute approximate surface area is 213 Å². The maximum absolute atomic E-state index is 13.6. The van der Waals surface area contributed by atoms with Gasteiger partial charge in [-0.1, -0.05) is 30.3 Å². The third kappa shape index (κ3) is 4.64. The molecule has 5 aromatic rings. The van der Waals surface area contributed by atoms with Crippen molar-refractivity contribution in [2.24, 2.45) is 0 Å².